The van der Waals surface area contributed by atoms with Crippen LogP contribution in [0.5, 0.6) is 0 Å². The maximum Gasteiger partial charge on any atom is 0.0728 e. The number of piperazine rings is 1. The summed E-state index contributed by atoms with van der Waals surface area (Å²) in [7, 11) is 0. The van der Waals surface area contributed by atoms with Crippen molar-refractivity contribution in [3.63, 3.8) is 0 Å². The van der Waals surface area contributed by atoms with Gasteiger partial charge in [-0.05, 0) is 48.1 Å². The summed E-state index contributed by atoms with van der Waals surface area (Å²) in [6.07, 6.45) is 2.97. The second-order valence-corrected chi connectivity index (χ2v) is 8.13. The van der Waals surface area contributed by atoms with E-state index in [2.05, 4.69) is 40.5 Å². The van der Waals surface area contributed by atoms with Crippen molar-refractivity contribution in [3.8, 4) is 11.1 Å². The second-order valence-electron chi connectivity index (χ2n) is 7.69. The molecule has 4 heteroatoms. The second kappa shape index (κ2) is 7.69. The van der Waals surface area contributed by atoms with E-state index < -0.39 is 5.60 Å². The Labute approximate surface area is 161 Å². The molecule has 0 aromatic heterocycles. The summed E-state index contributed by atoms with van der Waals surface area (Å²) in [6.45, 7) is 5.15. The molecule has 2 aromatic rings. The number of hydrogen-bond acceptors (Lipinski definition) is 3. The van der Waals surface area contributed by atoms with Crippen LogP contribution in [0.15, 0.2) is 48.5 Å². The first-order valence-corrected chi connectivity index (χ1v) is 10.0. The van der Waals surface area contributed by atoms with E-state index in [0.717, 1.165) is 68.1 Å². The van der Waals surface area contributed by atoms with Crippen molar-refractivity contribution in [1.29, 1.82) is 0 Å². The monoisotopic (exact) mass is 370 g/mol. The Kier molecular flexibility index (Phi) is 5.32. The molecule has 138 valence electrons. The van der Waals surface area contributed by atoms with Crippen LogP contribution >= 0.6 is 11.6 Å². The molecular formula is C22H27ClN2O. The average molecular weight is 371 g/mol. The maximum atomic E-state index is 11.1. The summed E-state index contributed by atoms with van der Waals surface area (Å²) in [5.41, 5.74) is 3.00. The Hall–Kier alpha value is -1.39. The molecule has 1 atom stereocenters. The quantitative estimate of drug-likeness (QED) is 0.837. The van der Waals surface area contributed by atoms with Crippen molar-refractivity contribution in [3.05, 3.63) is 59.1 Å². The number of halogens is 1. The van der Waals surface area contributed by atoms with Gasteiger partial charge in [-0.2, -0.15) is 0 Å². The van der Waals surface area contributed by atoms with Gasteiger partial charge in [-0.25, -0.2) is 0 Å². The summed E-state index contributed by atoms with van der Waals surface area (Å²) in [4.78, 5) is 2.49. The molecule has 0 bridgehead atoms. The van der Waals surface area contributed by atoms with Gasteiger partial charge in [0.2, 0.25) is 0 Å². The molecule has 26 heavy (non-hydrogen) atoms. The molecule has 2 N–H and O–H groups in total. The number of rotatable bonds is 5. The third-order valence-electron chi connectivity index (χ3n) is 5.99. The Morgan fingerprint density at radius 1 is 1.04 bits per heavy atom. The van der Waals surface area contributed by atoms with E-state index in [1.54, 1.807) is 0 Å². The predicted molar refractivity (Wildman–Crippen MR) is 108 cm³/mol. The van der Waals surface area contributed by atoms with Crippen LogP contribution in [-0.2, 0) is 0 Å². The van der Waals surface area contributed by atoms with E-state index in [1.165, 1.54) is 5.56 Å². The van der Waals surface area contributed by atoms with Crippen molar-refractivity contribution < 1.29 is 5.11 Å². The molecule has 0 radical (unpaired) electrons. The van der Waals surface area contributed by atoms with Crippen molar-refractivity contribution in [2.45, 2.75) is 30.8 Å². The Morgan fingerprint density at radius 2 is 1.77 bits per heavy atom. The van der Waals surface area contributed by atoms with Crippen molar-refractivity contribution in [1.82, 2.24) is 10.2 Å². The molecule has 0 spiro atoms. The minimum Gasteiger partial charge on any atom is -0.389 e. The van der Waals surface area contributed by atoms with Gasteiger partial charge in [0, 0.05) is 43.7 Å². The smallest absolute Gasteiger partial charge is 0.0728 e. The largest absolute Gasteiger partial charge is 0.389 e. The third-order valence-corrected chi connectivity index (χ3v) is 6.22. The molecule has 2 aliphatic rings. The van der Waals surface area contributed by atoms with Crippen molar-refractivity contribution >= 4 is 11.6 Å². The minimum atomic E-state index is -0.539. The molecule has 3 nitrogen and oxygen atoms in total. The zero-order valence-corrected chi connectivity index (χ0v) is 15.9. The van der Waals surface area contributed by atoms with E-state index in [4.69, 9.17) is 11.6 Å². The highest BCUT2D eigenvalue weighted by molar-refractivity contribution is 6.30. The van der Waals surface area contributed by atoms with Gasteiger partial charge >= 0.3 is 0 Å². The molecule has 1 aliphatic carbocycles. The zero-order chi connectivity index (χ0) is 18.0. The van der Waals surface area contributed by atoms with Gasteiger partial charge in [0.05, 0.1) is 5.60 Å². The molecular weight excluding hydrogens is 344 g/mol. The van der Waals surface area contributed by atoms with Crippen molar-refractivity contribution in [2.75, 3.05) is 32.7 Å². The molecule has 1 saturated carbocycles. The highest BCUT2D eigenvalue weighted by Gasteiger charge is 2.43. The van der Waals surface area contributed by atoms with E-state index >= 15 is 0 Å². The molecule has 1 heterocycles. The first-order valence-electron chi connectivity index (χ1n) is 9.65. The van der Waals surface area contributed by atoms with E-state index in [-0.39, 0.29) is 5.92 Å². The lowest BCUT2D eigenvalue weighted by Gasteiger charge is -2.46. The Balaban J connectivity index is 1.57. The van der Waals surface area contributed by atoms with Crippen LogP contribution in [0.1, 0.15) is 30.7 Å². The number of nitrogens with zero attached hydrogens (tertiary/aromatic N) is 1. The van der Waals surface area contributed by atoms with Crippen LogP contribution in [0, 0.1) is 0 Å². The first-order chi connectivity index (χ1) is 12.6. The summed E-state index contributed by atoms with van der Waals surface area (Å²) in [6, 6.07) is 16.7. The molecule has 1 unspecified atom stereocenters. The fourth-order valence-electron chi connectivity index (χ4n) is 4.20. The van der Waals surface area contributed by atoms with Gasteiger partial charge in [0.15, 0.2) is 0 Å². The van der Waals surface area contributed by atoms with Crippen LogP contribution in [0.2, 0.25) is 5.02 Å². The van der Waals surface area contributed by atoms with Gasteiger partial charge in [0.1, 0.15) is 0 Å². The van der Waals surface area contributed by atoms with Crippen molar-refractivity contribution in [2.24, 2.45) is 0 Å². The Bertz CT molecular complexity index is 736. The molecule has 1 saturated heterocycles. The molecule has 1 aliphatic heterocycles. The highest BCUT2D eigenvalue weighted by Crippen LogP contribution is 2.44. The number of nitrogens with one attached hydrogen (secondary N) is 1. The fraction of sp³-hybridized carbons (Fsp3) is 0.455. The molecule has 2 aromatic carbocycles. The van der Waals surface area contributed by atoms with Gasteiger partial charge in [-0.1, -0.05) is 48.0 Å². The van der Waals surface area contributed by atoms with Crippen LogP contribution < -0.4 is 5.32 Å². The first kappa shape index (κ1) is 18.0. The Morgan fingerprint density at radius 3 is 2.38 bits per heavy atom. The van der Waals surface area contributed by atoms with E-state index in [0.29, 0.717) is 0 Å². The number of hydrogen-bond donors (Lipinski definition) is 2. The summed E-state index contributed by atoms with van der Waals surface area (Å²) in [5.74, 6) is 0.183. The molecule has 0 amide bonds. The normalized spacial score (nSPS) is 21.2. The van der Waals surface area contributed by atoms with Gasteiger partial charge < -0.3 is 15.3 Å². The fourth-order valence-corrected chi connectivity index (χ4v) is 4.39. The predicted octanol–water partition coefficient (Wildman–Crippen LogP) is 3.91. The number of aliphatic hydroxyl groups is 1. The standard InChI is InChI=1S/C22H27ClN2O/c23-20-4-1-3-19(15-20)17-5-7-18(8-6-17)21(22(26)9-2-10-22)16-25-13-11-24-12-14-25/h1,3-8,15,21,24,26H,2,9-14,16H2. The van der Waals surface area contributed by atoms with Crippen LogP contribution in [0.4, 0.5) is 0 Å². The maximum absolute atomic E-state index is 11.1. The summed E-state index contributed by atoms with van der Waals surface area (Å²) >= 11 is 6.13. The van der Waals surface area contributed by atoms with Crippen LogP contribution in [-0.4, -0.2) is 48.3 Å². The zero-order valence-electron chi connectivity index (χ0n) is 15.1. The molecule has 2 fully saturated rings. The average Bonchev–Trinajstić information content (AvgIpc) is 2.65. The highest BCUT2D eigenvalue weighted by atomic mass is 35.5. The molecule has 4 rings (SSSR count). The summed E-state index contributed by atoms with van der Waals surface area (Å²) in [5, 5.41) is 15.3. The third kappa shape index (κ3) is 3.81. The topological polar surface area (TPSA) is 35.5 Å². The lowest BCUT2D eigenvalue weighted by atomic mass is 9.68. The van der Waals surface area contributed by atoms with Gasteiger partial charge in [-0.3, -0.25) is 0 Å². The van der Waals surface area contributed by atoms with E-state index in [1.807, 2.05) is 18.2 Å². The lowest BCUT2D eigenvalue weighted by Crippen LogP contribution is -2.51. The lowest BCUT2D eigenvalue weighted by molar-refractivity contribution is -0.0652. The van der Waals surface area contributed by atoms with Crippen LogP contribution in [0.3, 0.4) is 0 Å². The number of benzene rings is 2. The minimum absolute atomic E-state index is 0.183. The van der Waals surface area contributed by atoms with Gasteiger partial charge in [0.25, 0.3) is 0 Å². The van der Waals surface area contributed by atoms with Crippen LogP contribution in [0.25, 0.3) is 11.1 Å². The van der Waals surface area contributed by atoms with E-state index in [9.17, 15) is 5.11 Å². The SMILES string of the molecule is OC1(C(CN2CCNCC2)c2ccc(-c3cccc(Cl)c3)cc2)CCC1. The summed E-state index contributed by atoms with van der Waals surface area (Å²) < 4.78 is 0. The van der Waals surface area contributed by atoms with Gasteiger partial charge in [-0.15, -0.1) is 0 Å².